The SMILES string of the molecule is CCCNC(CCC)CCc1ccc(Br)s1. The van der Waals surface area contributed by atoms with Crippen molar-refractivity contribution in [3.05, 3.63) is 20.8 Å². The molecule has 1 unspecified atom stereocenters. The fraction of sp³-hybridized carbons (Fsp3) is 0.692. The van der Waals surface area contributed by atoms with Crippen molar-refractivity contribution in [3.63, 3.8) is 0 Å². The van der Waals surface area contributed by atoms with Gasteiger partial charge in [-0.3, -0.25) is 0 Å². The van der Waals surface area contributed by atoms with Crippen molar-refractivity contribution in [2.24, 2.45) is 0 Å². The molecule has 1 N–H and O–H groups in total. The first-order valence-corrected chi connectivity index (χ1v) is 7.84. The van der Waals surface area contributed by atoms with Gasteiger partial charge in [-0.05, 0) is 60.3 Å². The van der Waals surface area contributed by atoms with E-state index in [1.54, 1.807) is 0 Å². The minimum absolute atomic E-state index is 0.700. The lowest BCUT2D eigenvalue weighted by Gasteiger charge is -2.17. The number of hydrogen-bond acceptors (Lipinski definition) is 2. The van der Waals surface area contributed by atoms with Crippen LogP contribution >= 0.6 is 27.3 Å². The van der Waals surface area contributed by atoms with Crippen LogP contribution in [-0.4, -0.2) is 12.6 Å². The van der Waals surface area contributed by atoms with Crippen LogP contribution in [0.15, 0.2) is 15.9 Å². The Hall–Kier alpha value is 0.140. The second-order valence-electron chi connectivity index (χ2n) is 4.18. The Balaban J connectivity index is 2.30. The molecule has 0 aromatic carbocycles. The van der Waals surface area contributed by atoms with E-state index in [4.69, 9.17) is 0 Å². The molecular weight excluding hydrogens is 282 g/mol. The van der Waals surface area contributed by atoms with Crippen molar-refractivity contribution in [1.82, 2.24) is 5.32 Å². The monoisotopic (exact) mass is 303 g/mol. The number of aryl methyl sites for hydroxylation is 1. The molecule has 3 heteroatoms. The molecule has 1 atom stereocenters. The van der Waals surface area contributed by atoms with Crippen LogP contribution in [0.5, 0.6) is 0 Å². The number of hydrogen-bond donors (Lipinski definition) is 1. The fourth-order valence-electron chi connectivity index (χ4n) is 1.85. The molecule has 16 heavy (non-hydrogen) atoms. The lowest BCUT2D eigenvalue weighted by molar-refractivity contribution is 0.450. The van der Waals surface area contributed by atoms with Gasteiger partial charge in [-0.1, -0.05) is 20.3 Å². The van der Waals surface area contributed by atoms with Crippen LogP contribution < -0.4 is 5.32 Å². The molecule has 1 aromatic heterocycles. The highest BCUT2D eigenvalue weighted by atomic mass is 79.9. The smallest absolute Gasteiger partial charge is 0.0701 e. The van der Waals surface area contributed by atoms with Gasteiger partial charge in [0.2, 0.25) is 0 Å². The first-order valence-electron chi connectivity index (χ1n) is 6.23. The minimum Gasteiger partial charge on any atom is -0.314 e. The van der Waals surface area contributed by atoms with Crippen LogP contribution in [0.25, 0.3) is 0 Å². The molecule has 0 amide bonds. The summed E-state index contributed by atoms with van der Waals surface area (Å²) in [6, 6.07) is 5.08. The lowest BCUT2D eigenvalue weighted by Crippen LogP contribution is -2.30. The van der Waals surface area contributed by atoms with E-state index in [2.05, 4.69) is 47.2 Å². The van der Waals surface area contributed by atoms with Crippen LogP contribution in [0.2, 0.25) is 0 Å². The van der Waals surface area contributed by atoms with Crippen molar-refractivity contribution >= 4 is 27.3 Å². The average molecular weight is 304 g/mol. The Morgan fingerprint density at radius 3 is 2.62 bits per heavy atom. The zero-order chi connectivity index (χ0) is 11.8. The third kappa shape index (κ3) is 5.46. The first kappa shape index (κ1) is 14.2. The normalized spacial score (nSPS) is 12.9. The summed E-state index contributed by atoms with van der Waals surface area (Å²) in [5.74, 6) is 0. The van der Waals surface area contributed by atoms with E-state index in [-0.39, 0.29) is 0 Å². The summed E-state index contributed by atoms with van der Waals surface area (Å²) in [5.41, 5.74) is 0. The van der Waals surface area contributed by atoms with E-state index in [0.717, 1.165) is 6.54 Å². The largest absolute Gasteiger partial charge is 0.314 e. The number of nitrogens with one attached hydrogen (secondary N) is 1. The van der Waals surface area contributed by atoms with Crippen LogP contribution in [0.1, 0.15) is 44.4 Å². The van der Waals surface area contributed by atoms with Gasteiger partial charge in [0.25, 0.3) is 0 Å². The summed E-state index contributed by atoms with van der Waals surface area (Å²) in [4.78, 5) is 1.49. The van der Waals surface area contributed by atoms with E-state index < -0.39 is 0 Å². The topological polar surface area (TPSA) is 12.0 Å². The van der Waals surface area contributed by atoms with Crippen molar-refractivity contribution in [1.29, 1.82) is 0 Å². The number of rotatable bonds is 8. The van der Waals surface area contributed by atoms with E-state index in [1.165, 1.54) is 40.8 Å². The van der Waals surface area contributed by atoms with Gasteiger partial charge < -0.3 is 5.32 Å². The molecule has 0 fully saturated rings. The van der Waals surface area contributed by atoms with Gasteiger partial charge in [0.1, 0.15) is 0 Å². The highest BCUT2D eigenvalue weighted by Gasteiger charge is 2.07. The standard InChI is InChI=1S/C13H22BrNS/c1-3-5-11(15-10-4-2)6-7-12-8-9-13(14)16-12/h8-9,11,15H,3-7,10H2,1-2H3. The lowest BCUT2D eigenvalue weighted by atomic mass is 10.1. The Morgan fingerprint density at radius 1 is 1.25 bits per heavy atom. The molecule has 0 aliphatic heterocycles. The third-order valence-corrected chi connectivity index (χ3v) is 4.37. The van der Waals surface area contributed by atoms with Crippen LogP contribution in [0.4, 0.5) is 0 Å². The highest BCUT2D eigenvalue weighted by molar-refractivity contribution is 9.11. The summed E-state index contributed by atoms with van der Waals surface area (Å²) in [6.45, 7) is 5.65. The molecule has 0 saturated heterocycles. The Bertz CT molecular complexity index is 285. The molecule has 0 spiro atoms. The molecule has 0 bridgehead atoms. The van der Waals surface area contributed by atoms with Gasteiger partial charge in [0.15, 0.2) is 0 Å². The average Bonchev–Trinajstić information content (AvgIpc) is 2.68. The second-order valence-corrected chi connectivity index (χ2v) is 6.73. The van der Waals surface area contributed by atoms with Crippen LogP contribution in [0.3, 0.4) is 0 Å². The van der Waals surface area contributed by atoms with Gasteiger partial charge in [0.05, 0.1) is 3.79 Å². The molecule has 1 nitrogen and oxygen atoms in total. The third-order valence-electron chi connectivity index (χ3n) is 2.69. The van der Waals surface area contributed by atoms with E-state index in [9.17, 15) is 0 Å². The van der Waals surface area contributed by atoms with E-state index in [0.29, 0.717) is 6.04 Å². The first-order chi connectivity index (χ1) is 7.76. The maximum absolute atomic E-state index is 3.64. The zero-order valence-electron chi connectivity index (χ0n) is 10.3. The highest BCUT2D eigenvalue weighted by Crippen LogP contribution is 2.23. The van der Waals surface area contributed by atoms with Crippen LogP contribution in [-0.2, 0) is 6.42 Å². The predicted molar refractivity (Wildman–Crippen MR) is 77.3 cm³/mol. The summed E-state index contributed by atoms with van der Waals surface area (Å²) >= 11 is 5.38. The molecule has 0 aliphatic carbocycles. The maximum atomic E-state index is 3.64. The van der Waals surface area contributed by atoms with Crippen LogP contribution in [0, 0.1) is 0 Å². The predicted octanol–water partition coefficient (Wildman–Crippen LogP) is 4.61. The maximum Gasteiger partial charge on any atom is 0.0701 e. The summed E-state index contributed by atoms with van der Waals surface area (Å²) in [5, 5.41) is 3.64. The number of halogens is 1. The van der Waals surface area contributed by atoms with Crippen molar-refractivity contribution in [2.75, 3.05) is 6.54 Å². The van der Waals surface area contributed by atoms with Gasteiger partial charge >= 0.3 is 0 Å². The number of thiophene rings is 1. The van der Waals surface area contributed by atoms with Gasteiger partial charge in [-0.25, -0.2) is 0 Å². The second kappa shape index (κ2) is 8.26. The zero-order valence-corrected chi connectivity index (χ0v) is 12.7. The summed E-state index contributed by atoms with van der Waals surface area (Å²) in [6.07, 6.45) is 6.27. The molecule has 1 aromatic rings. The molecular formula is C13H22BrNS. The molecule has 0 radical (unpaired) electrons. The summed E-state index contributed by atoms with van der Waals surface area (Å²) < 4.78 is 1.25. The van der Waals surface area contributed by atoms with Crippen molar-refractivity contribution in [3.8, 4) is 0 Å². The van der Waals surface area contributed by atoms with Crippen molar-refractivity contribution < 1.29 is 0 Å². The Kier molecular flexibility index (Phi) is 7.33. The molecule has 1 heterocycles. The van der Waals surface area contributed by atoms with E-state index >= 15 is 0 Å². The van der Waals surface area contributed by atoms with Crippen molar-refractivity contribution in [2.45, 2.75) is 52.0 Å². The molecule has 0 aliphatic rings. The summed E-state index contributed by atoms with van der Waals surface area (Å²) in [7, 11) is 0. The minimum atomic E-state index is 0.700. The fourth-order valence-corrected chi connectivity index (χ4v) is 3.35. The molecule has 0 saturated carbocycles. The Morgan fingerprint density at radius 2 is 2.06 bits per heavy atom. The molecule has 1 rings (SSSR count). The quantitative estimate of drug-likeness (QED) is 0.739. The van der Waals surface area contributed by atoms with Gasteiger partial charge in [-0.15, -0.1) is 11.3 Å². The van der Waals surface area contributed by atoms with Gasteiger partial charge in [-0.2, -0.15) is 0 Å². The Labute approximate surface area is 112 Å². The van der Waals surface area contributed by atoms with Gasteiger partial charge in [0, 0.05) is 10.9 Å². The molecule has 92 valence electrons. The van der Waals surface area contributed by atoms with E-state index in [1.807, 2.05) is 11.3 Å².